The number of anilines is 1. The Morgan fingerprint density at radius 1 is 1.00 bits per heavy atom. The molecule has 2 fully saturated rings. The molecule has 2 atom stereocenters. The largest absolute Gasteiger partial charge is 0.390 e. The molecule has 0 amide bonds. The van der Waals surface area contributed by atoms with Crippen LogP contribution in [-0.4, -0.2) is 76.3 Å². The highest BCUT2D eigenvalue weighted by Crippen LogP contribution is 2.22. The van der Waals surface area contributed by atoms with E-state index in [9.17, 15) is 5.11 Å². The zero-order valence-electron chi connectivity index (χ0n) is 14.7. The summed E-state index contributed by atoms with van der Waals surface area (Å²) >= 11 is 5.96. The van der Waals surface area contributed by atoms with Gasteiger partial charge in [-0.3, -0.25) is 9.80 Å². The summed E-state index contributed by atoms with van der Waals surface area (Å²) in [5, 5.41) is 11.3. The Kier molecular flexibility index (Phi) is 5.36. The highest BCUT2D eigenvalue weighted by atomic mass is 35.5. The van der Waals surface area contributed by atoms with Crippen molar-refractivity contribution < 1.29 is 5.11 Å². The van der Waals surface area contributed by atoms with E-state index in [1.165, 1.54) is 5.56 Å². The van der Waals surface area contributed by atoms with E-state index in [1.54, 1.807) is 12.4 Å². The Bertz CT molecular complexity index is 706. The lowest BCUT2D eigenvalue weighted by Gasteiger charge is -2.38. The molecule has 1 aromatic carbocycles. The summed E-state index contributed by atoms with van der Waals surface area (Å²) in [4.78, 5) is 15.6. The number of aliphatic hydroxyl groups excluding tert-OH is 1. The predicted molar refractivity (Wildman–Crippen MR) is 102 cm³/mol. The van der Waals surface area contributed by atoms with Gasteiger partial charge in [0, 0.05) is 63.2 Å². The van der Waals surface area contributed by atoms with Crippen molar-refractivity contribution in [3.8, 4) is 0 Å². The predicted octanol–water partition coefficient (Wildman–Crippen LogP) is 1.50. The average molecular weight is 374 g/mol. The fourth-order valence-electron chi connectivity index (χ4n) is 3.85. The summed E-state index contributed by atoms with van der Waals surface area (Å²) in [5.74, 6) is 0.704. The molecule has 2 aliphatic rings. The first-order valence-electron chi connectivity index (χ1n) is 9.10. The van der Waals surface area contributed by atoms with Crippen LogP contribution < -0.4 is 4.90 Å². The van der Waals surface area contributed by atoms with Gasteiger partial charge in [-0.05, 0) is 23.8 Å². The minimum atomic E-state index is -0.360. The molecular weight excluding hydrogens is 350 g/mol. The van der Waals surface area contributed by atoms with Gasteiger partial charge in [0.25, 0.3) is 0 Å². The summed E-state index contributed by atoms with van der Waals surface area (Å²) in [6.45, 7) is 6.28. The normalized spacial score (nSPS) is 24.9. The standard InChI is InChI=1S/C19H24ClN5O/c20-16-4-2-15(3-5-16)12-23-8-10-24(11-9-23)17-13-25(14-18(17)26)19-21-6-1-7-22-19/h1-7,17-18,26H,8-14H2/t17-,18-/m1/s1. The molecule has 4 rings (SSSR count). The monoisotopic (exact) mass is 373 g/mol. The third kappa shape index (κ3) is 3.99. The minimum absolute atomic E-state index is 0.150. The molecule has 0 saturated carbocycles. The number of aliphatic hydroxyl groups is 1. The van der Waals surface area contributed by atoms with E-state index in [1.807, 2.05) is 18.2 Å². The molecule has 1 N–H and O–H groups in total. The molecule has 138 valence electrons. The van der Waals surface area contributed by atoms with Crippen LogP contribution in [-0.2, 0) is 6.54 Å². The number of rotatable bonds is 4. The summed E-state index contributed by atoms with van der Waals surface area (Å²) in [5.41, 5.74) is 1.29. The molecule has 6 nitrogen and oxygen atoms in total. The van der Waals surface area contributed by atoms with E-state index in [4.69, 9.17) is 11.6 Å². The molecule has 3 heterocycles. The number of aromatic nitrogens is 2. The molecule has 26 heavy (non-hydrogen) atoms. The number of halogens is 1. The second-order valence-corrected chi connectivity index (χ2v) is 7.46. The number of hydrogen-bond acceptors (Lipinski definition) is 6. The Hall–Kier alpha value is -1.73. The van der Waals surface area contributed by atoms with Crippen LogP contribution in [0.4, 0.5) is 5.95 Å². The molecule has 7 heteroatoms. The fraction of sp³-hybridized carbons (Fsp3) is 0.474. The first-order chi connectivity index (χ1) is 12.7. The smallest absolute Gasteiger partial charge is 0.225 e. The third-order valence-electron chi connectivity index (χ3n) is 5.29. The van der Waals surface area contributed by atoms with Gasteiger partial charge in [0.1, 0.15) is 0 Å². The number of piperazine rings is 1. The SMILES string of the molecule is O[C@@H]1CN(c2ncccn2)C[C@H]1N1CCN(Cc2ccc(Cl)cc2)CC1. The van der Waals surface area contributed by atoms with Crippen molar-refractivity contribution in [3.63, 3.8) is 0 Å². The Balaban J connectivity index is 1.31. The third-order valence-corrected chi connectivity index (χ3v) is 5.54. The lowest BCUT2D eigenvalue weighted by Crippen LogP contribution is -2.53. The van der Waals surface area contributed by atoms with Gasteiger partial charge in [-0.2, -0.15) is 0 Å². The van der Waals surface area contributed by atoms with Gasteiger partial charge in [0.2, 0.25) is 5.95 Å². The zero-order valence-corrected chi connectivity index (χ0v) is 15.5. The van der Waals surface area contributed by atoms with Crippen molar-refractivity contribution >= 4 is 17.5 Å². The highest BCUT2D eigenvalue weighted by molar-refractivity contribution is 6.30. The van der Waals surface area contributed by atoms with Gasteiger partial charge in [0.05, 0.1) is 12.1 Å². The first kappa shape index (κ1) is 17.7. The molecule has 1 aromatic heterocycles. The van der Waals surface area contributed by atoms with E-state index >= 15 is 0 Å². The molecule has 0 spiro atoms. The summed E-state index contributed by atoms with van der Waals surface area (Å²) in [6.07, 6.45) is 3.14. The Morgan fingerprint density at radius 2 is 1.69 bits per heavy atom. The van der Waals surface area contributed by atoms with Crippen molar-refractivity contribution in [2.75, 3.05) is 44.2 Å². The molecule has 0 unspecified atom stereocenters. The van der Waals surface area contributed by atoms with E-state index in [2.05, 4.69) is 36.8 Å². The molecule has 2 aromatic rings. The van der Waals surface area contributed by atoms with Crippen LogP contribution >= 0.6 is 11.6 Å². The number of nitrogens with zero attached hydrogens (tertiary/aromatic N) is 5. The van der Waals surface area contributed by atoms with Crippen LogP contribution in [0, 0.1) is 0 Å². The average Bonchev–Trinajstić information content (AvgIpc) is 3.07. The van der Waals surface area contributed by atoms with Crippen LogP contribution in [0.2, 0.25) is 5.02 Å². The van der Waals surface area contributed by atoms with Gasteiger partial charge >= 0.3 is 0 Å². The van der Waals surface area contributed by atoms with Crippen LogP contribution in [0.3, 0.4) is 0 Å². The van der Waals surface area contributed by atoms with Gasteiger partial charge in [-0.25, -0.2) is 9.97 Å². The second-order valence-electron chi connectivity index (χ2n) is 7.03. The summed E-state index contributed by atoms with van der Waals surface area (Å²) in [6, 6.07) is 10.0. The number of hydrogen-bond donors (Lipinski definition) is 1. The second kappa shape index (κ2) is 7.88. The van der Waals surface area contributed by atoms with Crippen molar-refractivity contribution in [3.05, 3.63) is 53.3 Å². The van der Waals surface area contributed by atoms with E-state index in [0.29, 0.717) is 12.5 Å². The molecule has 2 aliphatic heterocycles. The Labute approximate surface area is 159 Å². The molecule has 0 aliphatic carbocycles. The highest BCUT2D eigenvalue weighted by Gasteiger charge is 2.37. The van der Waals surface area contributed by atoms with Crippen molar-refractivity contribution in [1.82, 2.24) is 19.8 Å². The van der Waals surface area contributed by atoms with Crippen LogP contribution in [0.1, 0.15) is 5.56 Å². The maximum atomic E-state index is 10.5. The summed E-state index contributed by atoms with van der Waals surface area (Å²) < 4.78 is 0. The maximum Gasteiger partial charge on any atom is 0.225 e. The maximum absolute atomic E-state index is 10.5. The summed E-state index contributed by atoms with van der Waals surface area (Å²) in [7, 11) is 0. The van der Waals surface area contributed by atoms with Gasteiger partial charge in [-0.1, -0.05) is 23.7 Å². The van der Waals surface area contributed by atoms with Crippen molar-refractivity contribution in [2.24, 2.45) is 0 Å². The zero-order chi connectivity index (χ0) is 17.9. The first-order valence-corrected chi connectivity index (χ1v) is 9.48. The van der Waals surface area contributed by atoms with Crippen molar-refractivity contribution in [1.29, 1.82) is 0 Å². The molecule has 0 radical (unpaired) electrons. The van der Waals surface area contributed by atoms with E-state index in [-0.39, 0.29) is 12.1 Å². The van der Waals surface area contributed by atoms with Crippen LogP contribution in [0.15, 0.2) is 42.7 Å². The Morgan fingerprint density at radius 3 is 2.38 bits per heavy atom. The van der Waals surface area contributed by atoms with Crippen molar-refractivity contribution in [2.45, 2.75) is 18.7 Å². The van der Waals surface area contributed by atoms with Gasteiger partial charge in [0.15, 0.2) is 0 Å². The molecule has 0 bridgehead atoms. The van der Waals surface area contributed by atoms with Crippen LogP contribution in [0.25, 0.3) is 0 Å². The lowest BCUT2D eigenvalue weighted by molar-refractivity contribution is 0.0424. The van der Waals surface area contributed by atoms with E-state index < -0.39 is 0 Å². The topological polar surface area (TPSA) is 55.7 Å². The van der Waals surface area contributed by atoms with Gasteiger partial charge < -0.3 is 10.0 Å². The van der Waals surface area contributed by atoms with Gasteiger partial charge in [-0.15, -0.1) is 0 Å². The lowest BCUT2D eigenvalue weighted by atomic mass is 10.1. The minimum Gasteiger partial charge on any atom is -0.390 e. The fourth-order valence-corrected chi connectivity index (χ4v) is 3.97. The number of benzene rings is 1. The van der Waals surface area contributed by atoms with Crippen LogP contribution in [0.5, 0.6) is 0 Å². The quantitative estimate of drug-likeness (QED) is 0.876. The van der Waals surface area contributed by atoms with E-state index in [0.717, 1.165) is 44.3 Å². The molecular formula is C19H24ClN5O. The molecule has 2 saturated heterocycles. The number of β-amino-alcohol motifs (C(OH)–C–C–N with tert-alkyl or cyclic N) is 1.